The molecular formula is C36H46N2O4S. The third-order valence-corrected chi connectivity index (χ3v) is 10.9. The number of ketones is 1. The minimum Gasteiger partial charge on any atom is -0.454 e. The van der Waals surface area contributed by atoms with Crippen LogP contribution in [0.2, 0.25) is 0 Å². The number of fused-ring (bicyclic) bond motifs is 2. The van der Waals surface area contributed by atoms with Crippen molar-refractivity contribution >= 4 is 39.2 Å². The molecule has 1 saturated carbocycles. The van der Waals surface area contributed by atoms with Gasteiger partial charge in [-0.15, -0.1) is 4.91 Å². The Morgan fingerprint density at radius 1 is 1.16 bits per heavy atom. The normalized spacial score (nSPS) is 21.3. The molecule has 0 saturated heterocycles. The van der Waals surface area contributed by atoms with Gasteiger partial charge in [0.25, 0.3) is 0 Å². The van der Waals surface area contributed by atoms with Crippen molar-refractivity contribution < 1.29 is 14.3 Å². The molecule has 1 aliphatic heterocycles. The maximum Gasteiger partial charge on any atom is 0.231 e. The predicted molar refractivity (Wildman–Crippen MR) is 176 cm³/mol. The van der Waals surface area contributed by atoms with E-state index in [1.807, 2.05) is 0 Å². The molecule has 5 rings (SSSR count). The van der Waals surface area contributed by atoms with Crippen LogP contribution in [-0.2, 0) is 11.2 Å². The van der Waals surface area contributed by atoms with Gasteiger partial charge in [-0.25, -0.2) is 0 Å². The molecule has 3 unspecified atom stereocenters. The highest BCUT2D eigenvalue weighted by Gasteiger charge is 2.40. The average molecular weight is 603 g/mol. The van der Waals surface area contributed by atoms with Crippen LogP contribution < -0.4 is 9.47 Å². The second kappa shape index (κ2) is 14.1. The number of carbonyl (C=O) groups is 1. The number of allylic oxidation sites excluding steroid dienone is 1. The summed E-state index contributed by atoms with van der Waals surface area (Å²) in [4.78, 5) is 24.1. The van der Waals surface area contributed by atoms with Crippen LogP contribution in [0.5, 0.6) is 11.5 Å². The summed E-state index contributed by atoms with van der Waals surface area (Å²) in [6.45, 7) is 7.46. The number of ether oxygens (including phenoxy) is 2. The highest BCUT2D eigenvalue weighted by atomic mass is 32.1. The van der Waals surface area contributed by atoms with Crippen molar-refractivity contribution in [1.82, 2.24) is 4.37 Å². The zero-order chi connectivity index (χ0) is 30.3. The average Bonchev–Trinajstić information content (AvgIpc) is 3.63. The van der Waals surface area contributed by atoms with E-state index in [4.69, 9.17) is 13.8 Å². The van der Waals surface area contributed by atoms with Gasteiger partial charge in [0, 0.05) is 23.4 Å². The smallest absolute Gasteiger partial charge is 0.231 e. The Labute approximate surface area is 260 Å². The molecule has 1 aromatic heterocycles. The summed E-state index contributed by atoms with van der Waals surface area (Å²) in [5.74, 6) is 1.85. The highest BCUT2D eigenvalue weighted by molar-refractivity contribution is 7.13. The van der Waals surface area contributed by atoms with E-state index in [2.05, 4.69) is 50.2 Å². The van der Waals surface area contributed by atoms with Crippen LogP contribution in [0.1, 0.15) is 109 Å². The molecule has 3 atom stereocenters. The number of hydrogen-bond acceptors (Lipinski definition) is 7. The van der Waals surface area contributed by atoms with E-state index in [1.54, 1.807) is 35.8 Å². The Morgan fingerprint density at radius 3 is 2.79 bits per heavy atom. The minimum atomic E-state index is 0.0795. The zero-order valence-electron chi connectivity index (χ0n) is 26.0. The first-order chi connectivity index (χ1) is 20.8. The lowest BCUT2D eigenvalue weighted by Crippen LogP contribution is -2.35. The van der Waals surface area contributed by atoms with Gasteiger partial charge in [-0.05, 0) is 116 Å². The SMILES string of the molecule is CCCC(C)(CCCc1nsc2ccccc12)CC1CCCCC1(C)CCCC(=O)C=Cc1cc2c(cc1N=O)OCO2. The van der Waals surface area contributed by atoms with Crippen LogP contribution in [0.3, 0.4) is 0 Å². The fourth-order valence-electron chi connectivity index (χ4n) is 7.57. The van der Waals surface area contributed by atoms with Crippen LogP contribution in [0.15, 0.2) is 47.7 Å². The fourth-order valence-corrected chi connectivity index (χ4v) is 8.39. The van der Waals surface area contributed by atoms with Gasteiger partial charge in [0.05, 0.1) is 10.4 Å². The summed E-state index contributed by atoms with van der Waals surface area (Å²) in [6, 6.07) is 11.9. The lowest BCUT2D eigenvalue weighted by atomic mass is 9.59. The molecule has 230 valence electrons. The monoisotopic (exact) mass is 602 g/mol. The van der Waals surface area contributed by atoms with Gasteiger partial charge in [0.1, 0.15) is 5.69 Å². The van der Waals surface area contributed by atoms with Crippen LogP contribution in [0, 0.1) is 21.7 Å². The van der Waals surface area contributed by atoms with Gasteiger partial charge in [-0.2, -0.15) is 4.37 Å². The maximum absolute atomic E-state index is 12.8. The van der Waals surface area contributed by atoms with E-state index in [0.717, 1.165) is 19.3 Å². The van der Waals surface area contributed by atoms with Gasteiger partial charge in [-0.3, -0.25) is 4.79 Å². The van der Waals surface area contributed by atoms with E-state index in [9.17, 15) is 9.70 Å². The van der Waals surface area contributed by atoms with E-state index >= 15 is 0 Å². The summed E-state index contributed by atoms with van der Waals surface area (Å²) in [5, 5.41) is 4.43. The standard InChI is InChI=1S/C36H46N2O4S/c1-4-18-35(2,19-10-14-30-29-13-5-6-15-34(29)43-38-30)24-27-11-7-8-20-36(27,3)21-9-12-28(39)17-16-26-22-32-33(42-25-41-32)23-31(26)37-40/h5-6,13,15-17,22-23,27H,4,7-12,14,18-21,24-25H2,1-3H3. The number of benzene rings is 2. The van der Waals surface area contributed by atoms with Crippen molar-refractivity contribution in [2.24, 2.45) is 21.9 Å². The van der Waals surface area contributed by atoms with E-state index < -0.39 is 0 Å². The summed E-state index contributed by atoms with van der Waals surface area (Å²) in [7, 11) is 0. The molecule has 2 aliphatic rings. The molecule has 0 bridgehead atoms. The van der Waals surface area contributed by atoms with Crippen molar-refractivity contribution in [2.45, 2.75) is 104 Å². The summed E-state index contributed by atoms with van der Waals surface area (Å²) < 4.78 is 16.8. The molecule has 7 heteroatoms. The molecule has 2 heterocycles. The first kappa shape index (κ1) is 31.4. The molecule has 2 aromatic carbocycles. The Hall–Kier alpha value is -3.06. The zero-order valence-corrected chi connectivity index (χ0v) is 26.8. The second-order valence-electron chi connectivity index (χ2n) is 13.3. The summed E-state index contributed by atoms with van der Waals surface area (Å²) in [6.07, 6.45) is 18.1. The van der Waals surface area contributed by atoms with Gasteiger partial charge in [0.2, 0.25) is 6.79 Å². The third-order valence-electron chi connectivity index (χ3n) is 10.0. The van der Waals surface area contributed by atoms with Crippen LogP contribution in [0.4, 0.5) is 5.69 Å². The number of aromatic nitrogens is 1. The first-order valence-electron chi connectivity index (χ1n) is 16.1. The van der Waals surface area contributed by atoms with Crippen molar-refractivity contribution in [1.29, 1.82) is 0 Å². The number of aryl methyl sites for hydroxylation is 1. The molecule has 43 heavy (non-hydrogen) atoms. The molecule has 1 aliphatic carbocycles. The molecule has 1 fully saturated rings. The number of hydrogen-bond donors (Lipinski definition) is 0. The number of rotatable bonds is 15. The molecule has 0 amide bonds. The van der Waals surface area contributed by atoms with Crippen LogP contribution >= 0.6 is 11.5 Å². The molecule has 3 aromatic rings. The Bertz CT molecular complexity index is 1450. The minimum absolute atomic E-state index is 0.0795. The maximum atomic E-state index is 12.8. The second-order valence-corrected chi connectivity index (χ2v) is 14.2. The third kappa shape index (κ3) is 7.72. The van der Waals surface area contributed by atoms with Gasteiger partial charge in [-0.1, -0.05) is 58.2 Å². The largest absolute Gasteiger partial charge is 0.454 e. The molecular weight excluding hydrogens is 556 g/mol. The predicted octanol–water partition coefficient (Wildman–Crippen LogP) is 10.6. The molecule has 6 nitrogen and oxygen atoms in total. The Morgan fingerprint density at radius 2 is 1.98 bits per heavy atom. The number of nitrogens with zero attached hydrogens (tertiary/aromatic N) is 2. The summed E-state index contributed by atoms with van der Waals surface area (Å²) in [5.41, 5.74) is 2.69. The van der Waals surface area contributed by atoms with E-state index in [-0.39, 0.29) is 23.7 Å². The Kier molecular flexibility index (Phi) is 10.3. The van der Waals surface area contributed by atoms with Crippen molar-refractivity contribution in [3.05, 3.63) is 58.6 Å². The van der Waals surface area contributed by atoms with Crippen LogP contribution in [0.25, 0.3) is 16.2 Å². The number of carbonyl (C=O) groups excluding carboxylic acids is 1. The topological polar surface area (TPSA) is 77.9 Å². The first-order valence-corrected chi connectivity index (χ1v) is 16.9. The number of nitroso groups, excluding NO2 is 1. The molecule has 0 N–H and O–H groups in total. The lowest BCUT2D eigenvalue weighted by molar-refractivity contribution is -0.114. The summed E-state index contributed by atoms with van der Waals surface area (Å²) >= 11 is 1.62. The van der Waals surface area contributed by atoms with Gasteiger partial charge in [0.15, 0.2) is 17.3 Å². The molecule has 0 radical (unpaired) electrons. The molecule has 0 spiro atoms. The van der Waals surface area contributed by atoms with Crippen molar-refractivity contribution in [3.8, 4) is 11.5 Å². The fraction of sp³-hybridized carbons (Fsp3) is 0.556. The van der Waals surface area contributed by atoms with Gasteiger partial charge >= 0.3 is 0 Å². The Balaban J connectivity index is 1.16. The lowest BCUT2D eigenvalue weighted by Gasteiger charge is -2.46. The van der Waals surface area contributed by atoms with Crippen LogP contribution in [-0.4, -0.2) is 16.9 Å². The van der Waals surface area contributed by atoms with E-state index in [0.29, 0.717) is 34.8 Å². The highest BCUT2D eigenvalue weighted by Crippen LogP contribution is 2.51. The van der Waals surface area contributed by atoms with Crippen molar-refractivity contribution in [2.75, 3.05) is 6.79 Å². The van der Waals surface area contributed by atoms with E-state index in [1.165, 1.54) is 73.6 Å². The van der Waals surface area contributed by atoms with Gasteiger partial charge < -0.3 is 9.47 Å². The quantitative estimate of drug-likeness (QED) is 0.128. The van der Waals surface area contributed by atoms with Crippen molar-refractivity contribution in [3.63, 3.8) is 0 Å².